The van der Waals surface area contributed by atoms with Gasteiger partial charge >= 0.3 is 5.97 Å². The third kappa shape index (κ3) is 5.85. The number of thioether (sulfide) groups is 1. The number of β-lactam (4-membered cyclic amide) rings is 1. The summed E-state index contributed by atoms with van der Waals surface area (Å²) in [5.41, 5.74) is 3.44. The molecule has 0 aromatic heterocycles. The van der Waals surface area contributed by atoms with Gasteiger partial charge in [-0.2, -0.15) is 11.8 Å². The molecule has 1 N–H and O–H groups in total. The van der Waals surface area contributed by atoms with E-state index in [0.717, 1.165) is 28.9 Å². The first-order valence-corrected chi connectivity index (χ1v) is 15.8. The Kier molecular flexibility index (Phi) is 8.77. The zero-order chi connectivity index (χ0) is 30.5. The van der Waals surface area contributed by atoms with Crippen LogP contribution in [0.25, 0.3) is 0 Å². The van der Waals surface area contributed by atoms with Crippen LogP contribution in [0.1, 0.15) is 35.1 Å². The lowest BCUT2D eigenvalue weighted by molar-refractivity contribution is -0.384. The fourth-order valence-corrected chi connectivity index (χ4v) is 7.66. The topological polar surface area (TPSA) is 102 Å². The van der Waals surface area contributed by atoms with Gasteiger partial charge in [0.2, 0.25) is 5.91 Å². The Morgan fingerprint density at radius 1 is 0.886 bits per heavy atom. The van der Waals surface area contributed by atoms with Crippen LogP contribution in [0, 0.1) is 10.1 Å². The standard InChI is InChI=1S/C35H33N3O5S/c39-32-23-30-22-31(33(37(30)32)34(40)43-24-25-16-18-29(19-17-25)38(41)42)44-21-20-36-35(26-10-4-1-5-11-26,27-12-6-2-7-13-27)28-14-8-3-9-15-28/h1-19,30-31,33,36H,20-24H2/t30?,31-,33-/m0/s1. The lowest BCUT2D eigenvalue weighted by Crippen LogP contribution is -2.55. The Balaban J connectivity index is 1.16. The number of carbonyl (C=O) groups is 2. The molecular formula is C35H33N3O5S. The van der Waals surface area contributed by atoms with Gasteiger partial charge < -0.3 is 9.64 Å². The zero-order valence-corrected chi connectivity index (χ0v) is 24.9. The molecule has 2 aliphatic heterocycles. The third-order valence-corrected chi connectivity index (χ3v) is 9.78. The molecule has 3 atom stereocenters. The predicted octanol–water partition coefficient (Wildman–Crippen LogP) is 5.69. The van der Waals surface area contributed by atoms with Crippen molar-refractivity contribution in [3.8, 4) is 0 Å². The number of nitrogens with zero attached hydrogens (tertiary/aromatic N) is 2. The van der Waals surface area contributed by atoms with Crippen molar-refractivity contribution >= 4 is 29.3 Å². The molecule has 224 valence electrons. The van der Waals surface area contributed by atoms with Crippen LogP contribution in [0.2, 0.25) is 0 Å². The van der Waals surface area contributed by atoms with Crippen molar-refractivity contribution in [3.05, 3.63) is 148 Å². The lowest BCUT2D eigenvalue weighted by atomic mass is 9.77. The zero-order valence-electron chi connectivity index (χ0n) is 24.1. The van der Waals surface area contributed by atoms with E-state index >= 15 is 0 Å². The van der Waals surface area contributed by atoms with Crippen LogP contribution >= 0.6 is 11.8 Å². The highest BCUT2D eigenvalue weighted by molar-refractivity contribution is 8.00. The molecule has 4 aromatic rings. The molecule has 8 nitrogen and oxygen atoms in total. The molecule has 0 saturated carbocycles. The number of rotatable bonds is 12. The summed E-state index contributed by atoms with van der Waals surface area (Å²) in [4.78, 5) is 38.0. The number of carbonyl (C=O) groups excluding carboxylic acids is 2. The quantitative estimate of drug-likeness (QED) is 0.0551. The first kappa shape index (κ1) is 29.6. The average molecular weight is 608 g/mol. The second-order valence-electron chi connectivity index (χ2n) is 11.1. The summed E-state index contributed by atoms with van der Waals surface area (Å²) in [6.45, 7) is 0.649. The van der Waals surface area contributed by atoms with Crippen LogP contribution in [-0.4, -0.2) is 51.3 Å². The highest BCUT2D eigenvalue weighted by Crippen LogP contribution is 2.42. The fourth-order valence-electron chi connectivity index (χ4n) is 6.35. The average Bonchev–Trinajstić information content (AvgIpc) is 3.37. The molecule has 44 heavy (non-hydrogen) atoms. The molecule has 2 saturated heterocycles. The van der Waals surface area contributed by atoms with Gasteiger partial charge in [0.05, 0.1) is 10.5 Å². The van der Waals surface area contributed by atoms with Gasteiger partial charge in [0.15, 0.2) is 0 Å². The Morgan fingerprint density at radius 2 is 1.43 bits per heavy atom. The number of nitrogens with one attached hydrogen (secondary N) is 1. The van der Waals surface area contributed by atoms with Gasteiger partial charge in [0, 0.05) is 42.1 Å². The van der Waals surface area contributed by atoms with Crippen LogP contribution in [0.15, 0.2) is 115 Å². The molecule has 1 amide bonds. The normalized spacial score (nSPS) is 19.2. The molecule has 9 heteroatoms. The Morgan fingerprint density at radius 3 is 1.93 bits per heavy atom. The van der Waals surface area contributed by atoms with Crippen LogP contribution < -0.4 is 5.32 Å². The van der Waals surface area contributed by atoms with Crippen LogP contribution in [0.5, 0.6) is 0 Å². The maximum atomic E-state index is 13.3. The number of fused-ring (bicyclic) bond motifs is 1. The monoisotopic (exact) mass is 607 g/mol. The number of hydrogen-bond acceptors (Lipinski definition) is 7. The van der Waals surface area contributed by atoms with Crippen LogP contribution in [0.4, 0.5) is 5.69 Å². The first-order chi connectivity index (χ1) is 21.5. The molecule has 0 radical (unpaired) electrons. The van der Waals surface area contributed by atoms with Gasteiger partial charge in [-0.05, 0) is 40.8 Å². The minimum Gasteiger partial charge on any atom is -0.459 e. The van der Waals surface area contributed by atoms with Gasteiger partial charge in [-0.1, -0.05) is 91.0 Å². The number of amides is 1. The van der Waals surface area contributed by atoms with Crippen molar-refractivity contribution in [2.75, 3.05) is 12.3 Å². The summed E-state index contributed by atoms with van der Waals surface area (Å²) < 4.78 is 5.65. The van der Waals surface area contributed by atoms with E-state index in [0.29, 0.717) is 18.5 Å². The van der Waals surface area contributed by atoms with Crippen molar-refractivity contribution < 1.29 is 19.2 Å². The van der Waals surface area contributed by atoms with E-state index in [2.05, 4.69) is 78.1 Å². The number of ether oxygens (including phenoxy) is 1. The van der Waals surface area contributed by atoms with E-state index in [1.165, 1.54) is 12.1 Å². The first-order valence-electron chi connectivity index (χ1n) is 14.7. The SMILES string of the molecule is O=C(OCc1ccc([N+](=O)[O-])cc1)[C@@H]1[C@@H](SCCNC(c2ccccc2)(c2ccccc2)c2ccccc2)CC2CC(=O)N21. The number of esters is 1. The summed E-state index contributed by atoms with van der Waals surface area (Å²) >= 11 is 1.69. The summed E-state index contributed by atoms with van der Waals surface area (Å²) in [7, 11) is 0. The molecular weight excluding hydrogens is 574 g/mol. The highest BCUT2D eigenvalue weighted by Gasteiger charge is 2.54. The Labute approximate surface area is 260 Å². The van der Waals surface area contributed by atoms with Gasteiger partial charge in [0.25, 0.3) is 5.69 Å². The van der Waals surface area contributed by atoms with Gasteiger partial charge in [0.1, 0.15) is 12.6 Å². The van der Waals surface area contributed by atoms with Crippen LogP contribution in [-0.2, 0) is 26.5 Å². The summed E-state index contributed by atoms with van der Waals surface area (Å²) in [5, 5.41) is 14.8. The van der Waals surface area contributed by atoms with E-state index in [-0.39, 0.29) is 29.5 Å². The molecule has 2 fully saturated rings. The smallest absolute Gasteiger partial charge is 0.330 e. The Bertz CT molecular complexity index is 1510. The van der Waals surface area contributed by atoms with Crippen molar-refractivity contribution in [3.63, 3.8) is 0 Å². The molecule has 1 unspecified atom stereocenters. The van der Waals surface area contributed by atoms with Gasteiger partial charge in [-0.25, -0.2) is 4.79 Å². The minimum absolute atomic E-state index is 0.00723. The highest BCUT2D eigenvalue weighted by atomic mass is 32.2. The number of nitro benzene ring substituents is 1. The maximum Gasteiger partial charge on any atom is 0.330 e. The third-order valence-electron chi connectivity index (χ3n) is 8.46. The molecule has 6 rings (SSSR count). The van der Waals surface area contributed by atoms with Gasteiger partial charge in [-0.3, -0.25) is 20.2 Å². The molecule has 0 spiro atoms. The van der Waals surface area contributed by atoms with E-state index in [4.69, 9.17) is 4.74 Å². The largest absolute Gasteiger partial charge is 0.459 e. The van der Waals surface area contributed by atoms with Crippen molar-refractivity contribution in [2.45, 2.75) is 42.3 Å². The maximum absolute atomic E-state index is 13.3. The lowest BCUT2D eigenvalue weighted by Gasteiger charge is -2.38. The number of non-ortho nitro benzene ring substituents is 1. The Hall–Kier alpha value is -4.47. The molecule has 2 heterocycles. The predicted molar refractivity (Wildman–Crippen MR) is 170 cm³/mol. The summed E-state index contributed by atoms with van der Waals surface area (Å²) in [5.74, 6) is 0.265. The van der Waals surface area contributed by atoms with Crippen molar-refractivity contribution in [2.24, 2.45) is 0 Å². The van der Waals surface area contributed by atoms with E-state index < -0.39 is 22.5 Å². The number of benzene rings is 4. The van der Waals surface area contributed by atoms with E-state index in [1.54, 1.807) is 28.8 Å². The van der Waals surface area contributed by atoms with E-state index in [1.807, 2.05) is 18.2 Å². The summed E-state index contributed by atoms with van der Waals surface area (Å²) in [6.07, 6.45) is 1.20. The molecule has 4 aromatic carbocycles. The number of hydrogen-bond donors (Lipinski definition) is 1. The molecule has 2 aliphatic rings. The van der Waals surface area contributed by atoms with Crippen molar-refractivity contribution in [1.29, 1.82) is 0 Å². The number of nitro groups is 1. The molecule has 0 bridgehead atoms. The summed E-state index contributed by atoms with van der Waals surface area (Å²) in [6, 6.07) is 36.6. The minimum atomic E-state index is -0.647. The van der Waals surface area contributed by atoms with Crippen LogP contribution in [0.3, 0.4) is 0 Å². The van der Waals surface area contributed by atoms with E-state index in [9.17, 15) is 19.7 Å². The molecule has 0 aliphatic carbocycles. The van der Waals surface area contributed by atoms with Gasteiger partial charge in [-0.15, -0.1) is 0 Å². The second kappa shape index (κ2) is 13.0. The second-order valence-corrected chi connectivity index (χ2v) is 12.4. The fraction of sp³-hybridized carbons (Fsp3) is 0.257. The van der Waals surface area contributed by atoms with Crippen molar-refractivity contribution in [1.82, 2.24) is 10.2 Å².